The third kappa shape index (κ3) is 7.39. The number of sulfonamides is 1. The van der Waals surface area contributed by atoms with Crippen molar-refractivity contribution in [1.82, 2.24) is 9.88 Å². The molecule has 2 aromatic rings. The van der Waals surface area contributed by atoms with Gasteiger partial charge in [0.15, 0.2) is 5.13 Å². The molecule has 0 saturated heterocycles. The highest BCUT2D eigenvalue weighted by molar-refractivity contribution is 7.93. The number of nitrogens with zero attached hydrogens (tertiary/aromatic N) is 2. The largest absolute Gasteiger partial charge is 0.493 e. The van der Waals surface area contributed by atoms with Gasteiger partial charge in [0.2, 0.25) is 0 Å². The Kier molecular flexibility index (Phi) is 8.93. The average molecular weight is 476 g/mol. The first-order chi connectivity index (χ1) is 14.1. The summed E-state index contributed by atoms with van der Waals surface area (Å²) in [5.41, 5.74) is -0.185. The number of aromatic nitrogens is 1. The zero-order chi connectivity index (χ0) is 22.4. The van der Waals surface area contributed by atoms with Crippen LogP contribution < -0.4 is 9.46 Å². The minimum absolute atomic E-state index is 0.00739. The molecule has 7 nitrogen and oxygen atoms in total. The van der Waals surface area contributed by atoms with Crippen molar-refractivity contribution in [3.05, 3.63) is 34.3 Å². The minimum Gasteiger partial charge on any atom is -0.493 e. The van der Waals surface area contributed by atoms with E-state index >= 15 is 0 Å². The molecule has 2 N–H and O–H groups in total. The van der Waals surface area contributed by atoms with Gasteiger partial charge in [0.05, 0.1) is 22.8 Å². The van der Waals surface area contributed by atoms with Crippen LogP contribution in [0.2, 0.25) is 5.02 Å². The lowest BCUT2D eigenvalue weighted by Crippen LogP contribution is -2.29. The smallest absolute Gasteiger partial charge is 0.263 e. The summed E-state index contributed by atoms with van der Waals surface area (Å²) in [5.74, 6) is 0.400. The van der Waals surface area contributed by atoms with Gasteiger partial charge in [-0.2, -0.15) is 0 Å². The molecule has 0 amide bonds. The van der Waals surface area contributed by atoms with Gasteiger partial charge in [0.25, 0.3) is 10.0 Å². The Hall–Kier alpha value is -1.39. The van der Waals surface area contributed by atoms with Gasteiger partial charge in [-0.3, -0.25) is 4.72 Å². The number of halogens is 1. The lowest BCUT2D eigenvalue weighted by molar-refractivity contribution is 0.0319. The Morgan fingerprint density at radius 2 is 1.97 bits per heavy atom. The molecule has 10 heteroatoms. The van der Waals surface area contributed by atoms with Gasteiger partial charge in [-0.05, 0) is 45.5 Å². The van der Waals surface area contributed by atoms with E-state index in [2.05, 4.69) is 9.71 Å². The first kappa shape index (κ1) is 24.9. The third-order valence-electron chi connectivity index (χ3n) is 4.77. The van der Waals surface area contributed by atoms with Gasteiger partial charge in [-0.15, -0.1) is 11.3 Å². The van der Waals surface area contributed by atoms with Crippen molar-refractivity contribution in [2.45, 2.75) is 50.0 Å². The molecule has 0 saturated carbocycles. The highest BCUT2D eigenvalue weighted by Crippen LogP contribution is 2.28. The molecule has 0 bridgehead atoms. The Bertz CT molecular complexity index is 928. The van der Waals surface area contributed by atoms with E-state index in [1.165, 1.54) is 23.5 Å². The van der Waals surface area contributed by atoms with Gasteiger partial charge in [0, 0.05) is 29.4 Å². The van der Waals surface area contributed by atoms with E-state index in [4.69, 9.17) is 16.3 Å². The van der Waals surface area contributed by atoms with Crippen LogP contribution in [-0.4, -0.2) is 56.3 Å². The number of aliphatic hydroxyl groups is 1. The van der Waals surface area contributed by atoms with E-state index in [1.807, 2.05) is 32.8 Å². The van der Waals surface area contributed by atoms with Crippen molar-refractivity contribution in [2.75, 3.05) is 32.0 Å². The number of rotatable bonds is 12. The maximum Gasteiger partial charge on any atom is 0.263 e. The molecule has 168 valence electrons. The molecule has 0 fully saturated rings. The SMILES string of the molecule is CCC(O)(CC)Cc1csc(NS(=O)(=O)c2cc(Cl)cc(OCCCN(C)C)c2)n1. The number of nitrogens with one attached hydrogen (secondary N) is 1. The lowest BCUT2D eigenvalue weighted by atomic mass is 9.92. The Morgan fingerprint density at radius 3 is 2.60 bits per heavy atom. The van der Waals surface area contributed by atoms with Crippen LogP contribution in [0.4, 0.5) is 5.13 Å². The fraction of sp³-hybridized carbons (Fsp3) is 0.550. The molecule has 1 aromatic heterocycles. The molecular formula is C20H30ClN3O4S2. The van der Waals surface area contributed by atoms with E-state index in [9.17, 15) is 13.5 Å². The molecule has 0 unspecified atom stereocenters. The van der Waals surface area contributed by atoms with Crippen LogP contribution in [0.15, 0.2) is 28.5 Å². The second kappa shape index (κ2) is 10.8. The van der Waals surface area contributed by atoms with Crippen LogP contribution in [0.5, 0.6) is 5.75 Å². The fourth-order valence-electron chi connectivity index (χ4n) is 2.79. The zero-order valence-corrected chi connectivity index (χ0v) is 20.2. The topological polar surface area (TPSA) is 91.8 Å². The maximum atomic E-state index is 12.8. The first-order valence-corrected chi connectivity index (χ1v) is 12.6. The molecule has 0 aliphatic rings. The second-order valence-corrected chi connectivity index (χ2v) is 10.5. The summed E-state index contributed by atoms with van der Waals surface area (Å²) in [4.78, 5) is 6.38. The van der Waals surface area contributed by atoms with Crippen LogP contribution >= 0.6 is 22.9 Å². The molecule has 1 heterocycles. The van der Waals surface area contributed by atoms with E-state index in [1.54, 1.807) is 11.4 Å². The zero-order valence-electron chi connectivity index (χ0n) is 17.8. The van der Waals surface area contributed by atoms with Crippen molar-refractivity contribution in [3.63, 3.8) is 0 Å². The predicted octanol–water partition coefficient (Wildman–Crippen LogP) is 4.02. The van der Waals surface area contributed by atoms with Crippen molar-refractivity contribution >= 4 is 38.1 Å². The predicted molar refractivity (Wildman–Crippen MR) is 122 cm³/mol. The van der Waals surface area contributed by atoms with Gasteiger partial charge in [-0.1, -0.05) is 25.4 Å². The van der Waals surface area contributed by atoms with E-state index < -0.39 is 15.6 Å². The fourth-order valence-corrected chi connectivity index (χ4v) is 5.10. The number of ether oxygens (including phenoxy) is 1. The quantitative estimate of drug-likeness (QED) is 0.450. The number of hydrogen-bond acceptors (Lipinski definition) is 7. The lowest BCUT2D eigenvalue weighted by Gasteiger charge is -2.23. The standard InChI is InChI=1S/C20H30ClN3O4S2/c1-5-20(25,6-2)13-16-14-29-19(22-16)23-30(26,27)18-11-15(21)10-17(12-18)28-9-7-8-24(3)4/h10-12,14,25H,5-9,13H2,1-4H3,(H,22,23). The number of thiazole rings is 1. The van der Waals surface area contributed by atoms with Crippen LogP contribution in [-0.2, 0) is 16.4 Å². The molecule has 1 aromatic carbocycles. The molecule has 0 aliphatic carbocycles. The van der Waals surface area contributed by atoms with Gasteiger partial charge < -0.3 is 14.7 Å². The summed E-state index contributed by atoms with van der Waals surface area (Å²) in [6, 6.07) is 4.41. The van der Waals surface area contributed by atoms with Crippen molar-refractivity contribution in [3.8, 4) is 5.75 Å². The minimum atomic E-state index is -3.88. The highest BCUT2D eigenvalue weighted by atomic mass is 35.5. The Labute approximate surface area is 188 Å². The van der Waals surface area contributed by atoms with Gasteiger partial charge >= 0.3 is 0 Å². The second-order valence-electron chi connectivity index (χ2n) is 7.49. The monoisotopic (exact) mass is 475 g/mol. The van der Waals surface area contributed by atoms with E-state index in [0.29, 0.717) is 37.3 Å². The van der Waals surface area contributed by atoms with Gasteiger partial charge in [0.1, 0.15) is 5.75 Å². The summed E-state index contributed by atoms with van der Waals surface area (Å²) >= 11 is 7.29. The van der Waals surface area contributed by atoms with Crippen molar-refractivity contribution in [2.24, 2.45) is 0 Å². The molecule has 2 rings (SSSR count). The molecule has 30 heavy (non-hydrogen) atoms. The molecule has 0 atom stereocenters. The third-order valence-corrected chi connectivity index (χ3v) is 7.25. The Morgan fingerprint density at radius 1 is 1.27 bits per heavy atom. The van der Waals surface area contributed by atoms with Crippen LogP contribution in [0.1, 0.15) is 38.8 Å². The van der Waals surface area contributed by atoms with Crippen LogP contribution in [0.25, 0.3) is 0 Å². The van der Waals surface area contributed by atoms with E-state index in [0.717, 1.165) is 13.0 Å². The normalized spacial score (nSPS) is 12.4. The molecule has 0 spiro atoms. The summed E-state index contributed by atoms with van der Waals surface area (Å²) in [5, 5.41) is 12.8. The van der Waals surface area contributed by atoms with Crippen molar-refractivity contribution < 1.29 is 18.3 Å². The molecule has 0 radical (unpaired) electrons. The highest BCUT2D eigenvalue weighted by Gasteiger charge is 2.25. The number of hydrogen-bond donors (Lipinski definition) is 2. The summed E-state index contributed by atoms with van der Waals surface area (Å²) in [7, 11) is 0.0728. The average Bonchev–Trinajstić information content (AvgIpc) is 3.10. The first-order valence-electron chi connectivity index (χ1n) is 9.84. The summed E-state index contributed by atoms with van der Waals surface area (Å²) in [6.45, 7) is 5.15. The van der Waals surface area contributed by atoms with Crippen LogP contribution in [0.3, 0.4) is 0 Å². The number of benzene rings is 1. The Balaban J connectivity index is 2.10. The molecule has 0 aliphatic heterocycles. The van der Waals surface area contributed by atoms with Crippen molar-refractivity contribution in [1.29, 1.82) is 0 Å². The summed E-state index contributed by atoms with van der Waals surface area (Å²) < 4.78 is 33.8. The van der Waals surface area contributed by atoms with Crippen LogP contribution in [0, 0.1) is 0 Å². The number of anilines is 1. The maximum absolute atomic E-state index is 12.8. The van der Waals surface area contributed by atoms with E-state index in [-0.39, 0.29) is 15.0 Å². The van der Waals surface area contributed by atoms with Gasteiger partial charge in [-0.25, -0.2) is 13.4 Å². The summed E-state index contributed by atoms with van der Waals surface area (Å²) in [6.07, 6.45) is 2.38. The molecular weight excluding hydrogens is 446 g/mol.